The molecule has 2 N–H and O–H groups in total. The number of anilines is 1. The van der Waals surface area contributed by atoms with E-state index in [1.807, 2.05) is 17.5 Å². The van der Waals surface area contributed by atoms with E-state index in [-0.39, 0.29) is 36.0 Å². The van der Waals surface area contributed by atoms with E-state index in [0.29, 0.717) is 10.7 Å². The fraction of sp³-hybridized carbons (Fsp3) is 0.522. The largest absolute Gasteiger partial charge is 0.373 e. The van der Waals surface area contributed by atoms with E-state index in [9.17, 15) is 9.59 Å². The van der Waals surface area contributed by atoms with Crippen LogP contribution in [-0.2, 0) is 21.5 Å². The molecule has 3 rings (SSSR count). The fourth-order valence-electron chi connectivity index (χ4n) is 3.63. The number of morpholine rings is 1. The van der Waals surface area contributed by atoms with Gasteiger partial charge in [0.15, 0.2) is 5.13 Å². The molecule has 1 aromatic carbocycles. The molecule has 1 aromatic heterocycles. The Hall–Kier alpha value is -2.29. The average Bonchev–Trinajstić information content (AvgIpc) is 3.11. The molecule has 1 saturated heterocycles. The van der Waals surface area contributed by atoms with Gasteiger partial charge in [0.1, 0.15) is 0 Å². The second-order valence-corrected chi connectivity index (χ2v) is 10.0. The standard InChI is InChI=1S/C23H32N4O3S/c1-15-11-27(12-16(2)30-15)13-19-14-31-22(25-19)26-20(28)10-24-21(29)17-6-8-18(9-7-17)23(3,4)5/h6-9,14-16H,10-13H2,1-5H3,(H,24,29)(H,25,26,28). The molecule has 1 aliphatic heterocycles. The molecule has 168 valence electrons. The predicted molar refractivity (Wildman–Crippen MR) is 124 cm³/mol. The van der Waals surface area contributed by atoms with Crippen LogP contribution in [0.25, 0.3) is 0 Å². The quantitative estimate of drug-likeness (QED) is 0.713. The van der Waals surface area contributed by atoms with Crippen LogP contribution in [0.3, 0.4) is 0 Å². The summed E-state index contributed by atoms with van der Waals surface area (Å²) in [6.45, 7) is 12.9. The Bertz CT molecular complexity index is 894. The van der Waals surface area contributed by atoms with Crippen molar-refractivity contribution in [2.75, 3.05) is 25.0 Å². The molecular weight excluding hydrogens is 412 g/mol. The number of rotatable bonds is 6. The SMILES string of the molecule is CC1CN(Cc2csc(NC(=O)CNC(=O)c3ccc(C(C)(C)C)cc3)n2)CC(C)O1. The number of thiazole rings is 1. The second-order valence-electron chi connectivity index (χ2n) is 9.15. The number of carbonyl (C=O) groups excluding carboxylic acids is 2. The number of amides is 2. The first-order chi connectivity index (χ1) is 14.6. The van der Waals surface area contributed by atoms with E-state index in [1.165, 1.54) is 11.3 Å². The molecule has 0 radical (unpaired) electrons. The maximum absolute atomic E-state index is 12.3. The summed E-state index contributed by atoms with van der Waals surface area (Å²) < 4.78 is 5.76. The van der Waals surface area contributed by atoms with Gasteiger partial charge < -0.3 is 15.4 Å². The third kappa shape index (κ3) is 6.85. The van der Waals surface area contributed by atoms with Crippen LogP contribution < -0.4 is 10.6 Å². The van der Waals surface area contributed by atoms with E-state index in [0.717, 1.165) is 30.9 Å². The van der Waals surface area contributed by atoms with Gasteiger partial charge in [-0.25, -0.2) is 4.98 Å². The lowest BCUT2D eigenvalue weighted by atomic mass is 9.87. The topological polar surface area (TPSA) is 83.6 Å². The van der Waals surface area contributed by atoms with Crippen molar-refractivity contribution < 1.29 is 14.3 Å². The van der Waals surface area contributed by atoms with Crippen LogP contribution in [0, 0.1) is 0 Å². The summed E-state index contributed by atoms with van der Waals surface area (Å²) in [6.07, 6.45) is 0.407. The Morgan fingerprint density at radius 1 is 1.16 bits per heavy atom. The molecular formula is C23H32N4O3S. The van der Waals surface area contributed by atoms with Crippen LogP contribution in [0.15, 0.2) is 29.6 Å². The highest BCUT2D eigenvalue weighted by Crippen LogP contribution is 2.22. The lowest BCUT2D eigenvalue weighted by molar-refractivity contribution is -0.115. The first kappa shape index (κ1) is 23.4. The number of hydrogen-bond acceptors (Lipinski definition) is 6. The number of carbonyl (C=O) groups is 2. The molecule has 31 heavy (non-hydrogen) atoms. The van der Waals surface area contributed by atoms with Gasteiger partial charge in [0.25, 0.3) is 5.91 Å². The van der Waals surface area contributed by atoms with Crippen molar-refractivity contribution in [2.45, 2.75) is 58.8 Å². The minimum atomic E-state index is -0.297. The van der Waals surface area contributed by atoms with E-state index >= 15 is 0 Å². The maximum atomic E-state index is 12.3. The van der Waals surface area contributed by atoms with Gasteiger partial charge in [-0.3, -0.25) is 14.5 Å². The molecule has 7 nitrogen and oxygen atoms in total. The first-order valence-electron chi connectivity index (χ1n) is 10.6. The van der Waals surface area contributed by atoms with Gasteiger partial charge in [0.2, 0.25) is 5.91 Å². The summed E-state index contributed by atoms with van der Waals surface area (Å²) in [5.41, 5.74) is 2.64. The zero-order valence-electron chi connectivity index (χ0n) is 18.9. The Balaban J connectivity index is 1.46. The molecule has 1 aliphatic rings. The van der Waals surface area contributed by atoms with Crippen molar-refractivity contribution in [3.63, 3.8) is 0 Å². The Morgan fingerprint density at radius 2 is 1.81 bits per heavy atom. The summed E-state index contributed by atoms with van der Waals surface area (Å²) in [4.78, 5) is 31.4. The molecule has 0 saturated carbocycles. The van der Waals surface area contributed by atoms with Crippen LogP contribution >= 0.6 is 11.3 Å². The number of nitrogens with one attached hydrogen (secondary N) is 2. The number of ether oxygens (including phenoxy) is 1. The van der Waals surface area contributed by atoms with Crippen molar-refractivity contribution >= 4 is 28.3 Å². The van der Waals surface area contributed by atoms with E-state index in [4.69, 9.17) is 4.74 Å². The summed E-state index contributed by atoms with van der Waals surface area (Å²) in [6, 6.07) is 7.46. The van der Waals surface area contributed by atoms with Gasteiger partial charge >= 0.3 is 0 Å². The van der Waals surface area contributed by atoms with Crippen LogP contribution in [0.1, 0.15) is 56.2 Å². The van der Waals surface area contributed by atoms with Crippen LogP contribution in [-0.4, -0.2) is 53.5 Å². The van der Waals surface area contributed by atoms with Crippen LogP contribution in [0.5, 0.6) is 0 Å². The van der Waals surface area contributed by atoms with Crippen molar-refractivity contribution in [3.05, 3.63) is 46.5 Å². The van der Waals surface area contributed by atoms with Gasteiger partial charge in [-0.2, -0.15) is 0 Å². The van der Waals surface area contributed by atoms with Gasteiger partial charge in [-0.15, -0.1) is 11.3 Å². The van der Waals surface area contributed by atoms with Crippen LogP contribution in [0.2, 0.25) is 0 Å². The molecule has 2 unspecified atom stereocenters. The van der Waals surface area contributed by atoms with E-state index < -0.39 is 0 Å². The molecule has 2 heterocycles. The van der Waals surface area contributed by atoms with Gasteiger partial charge in [0, 0.05) is 30.6 Å². The summed E-state index contributed by atoms with van der Waals surface area (Å²) in [7, 11) is 0. The highest BCUT2D eigenvalue weighted by Gasteiger charge is 2.23. The fourth-order valence-corrected chi connectivity index (χ4v) is 4.34. The summed E-state index contributed by atoms with van der Waals surface area (Å²) >= 11 is 1.39. The number of aromatic nitrogens is 1. The molecule has 2 atom stereocenters. The van der Waals surface area contributed by atoms with Crippen LogP contribution in [0.4, 0.5) is 5.13 Å². The first-order valence-corrected chi connectivity index (χ1v) is 11.5. The van der Waals surface area contributed by atoms with Crippen molar-refractivity contribution in [2.24, 2.45) is 0 Å². The van der Waals surface area contributed by atoms with E-state index in [2.05, 4.69) is 55.1 Å². The van der Waals surface area contributed by atoms with Gasteiger partial charge in [0.05, 0.1) is 24.4 Å². The minimum absolute atomic E-state index is 0.0275. The molecule has 1 fully saturated rings. The van der Waals surface area contributed by atoms with Gasteiger partial charge in [-0.1, -0.05) is 32.9 Å². The number of benzene rings is 1. The molecule has 2 aromatic rings. The van der Waals surface area contributed by atoms with E-state index in [1.54, 1.807) is 12.1 Å². The molecule has 8 heteroatoms. The average molecular weight is 445 g/mol. The molecule has 0 bridgehead atoms. The lowest BCUT2D eigenvalue weighted by Gasteiger charge is -2.34. The second kappa shape index (κ2) is 9.89. The summed E-state index contributed by atoms with van der Waals surface area (Å²) in [5, 5.41) is 7.92. The lowest BCUT2D eigenvalue weighted by Crippen LogP contribution is -2.44. The smallest absolute Gasteiger partial charge is 0.251 e. The predicted octanol–water partition coefficient (Wildman–Crippen LogP) is 3.42. The zero-order valence-corrected chi connectivity index (χ0v) is 19.7. The number of hydrogen-bond donors (Lipinski definition) is 2. The normalized spacial score (nSPS) is 19.8. The monoisotopic (exact) mass is 444 g/mol. The summed E-state index contributed by atoms with van der Waals surface area (Å²) in [5.74, 6) is -0.569. The Morgan fingerprint density at radius 3 is 2.42 bits per heavy atom. The molecule has 0 aliphatic carbocycles. The maximum Gasteiger partial charge on any atom is 0.251 e. The van der Waals surface area contributed by atoms with Crippen molar-refractivity contribution in [1.29, 1.82) is 0 Å². The highest BCUT2D eigenvalue weighted by atomic mass is 32.1. The molecule has 2 amide bonds. The zero-order chi connectivity index (χ0) is 22.6. The van der Waals surface area contributed by atoms with Crippen molar-refractivity contribution in [1.82, 2.24) is 15.2 Å². The van der Waals surface area contributed by atoms with Crippen molar-refractivity contribution in [3.8, 4) is 0 Å². The third-order valence-electron chi connectivity index (χ3n) is 5.10. The third-order valence-corrected chi connectivity index (χ3v) is 5.91. The van der Waals surface area contributed by atoms with Gasteiger partial charge in [-0.05, 0) is 37.0 Å². The minimum Gasteiger partial charge on any atom is -0.373 e. The Labute approximate surface area is 188 Å². The molecule has 0 spiro atoms. The highest BCUT2D eigenvalue weighted by molar-refractivity contribution is 7.13. The Kier molecular flexibility index (Phi) is 7.46. The number of nitrogens with zero attached hydrogens (tertiary/aromatic N) is 2.